The molecule has 0 aliphatic carbocycles. The molecule has 2 heterocycles. The molecule has 2 N–H and O–H groups in total. The Morgan fingerprint density at radius 1 is 1.19 bits per heavy atom. The fourth-order valence-corrected chi connectivity index (χ4v) is 4.78. The minimum absolute atomic E-state index is 0. The predicted molar refractivity (Wildman–Crippen MR) is 114 cm³/mol. The number of benzene rings is 2. The van der Waals surface area contributed by atoms with Crippen LogP contribution in [0.3, 0.4) is 0 Å². The van der Waals surface area contributed by atoms with Crippen molar-refractivity contribution in [1.29, 1.82) is 0 Å². The molecule has 2 aliphatic rings. The highest BCUT2D eigenvalue weighted by atomic mass is 127. The van der Waals surface area contributed by atoms with Crippen molar-refractivity contribution in [1.82, 2.24) is 0 Å². The summed E-state index contributed by atoms with van der Waals surface area (Å²) >= 11 is 0. The van der Waals surface area contributed by atoms with E-state index in [1.165, 1.54) is 11.1 Å². The average molecular weight is 541 g/mol. The monoisotopic (exact) mass is 541 g/mol. The first-order chi connectivity index (χ1) is 14.4. The van der Waals surface area contributed by atoms with Crippen molar-refractivity contribution in [3.8, 4) is 17.2 Å². The Morgan fingerprint density at radius 3 is 2.61 bits per heavy atom. The van der Waals surface area contributed by atoms with Gasteiger partial charge >= 0.3 is 0 Å². The van der Waals surface area contributed by atoms with Gasteiger partial charge in [-0.2, -0.15) is 0 Å². The molecule has 170 valence electrons. The second kappa shape index (κ2) is 9.94. The third-order valence-corrected chi connectivity index (χ3v) is 6.61. The number of rotatable bonds is 7. The zero-order valence-electron chi connectivity index (χ0n) is 18.4. The van der Waals surface area contributed by atoms with Gasteiger partial charge in [0.2, 0.25) is 6.79 Å². The largest absolute Gasteiger partial charge is 1.00 e. The van der Waals surface area contributed by atoms with Crippen LogP contribution in [-0.4, -0.2) is 55.3 Å². The van der Waals surface area contributed by atoms with Gasteiger partial charge in [0, 0.05) is 24.0 Å². The van der Waals surface area contributed by atoms with Gasteiger partial charge in [0.05, 0.1) is 40.5 Å². The minimum Gasteiger partial charge on any atom is -1.00 e. The van der Waals surface area contributed by atoms with Gasteiger partial charge in [-0.15, -0.1) is 0 Å². The van der Waals surface area contributed by atoms with Crippen LogP contribution in [0.5, 0.6) is 17.2 Å². The number of nitrogens with zero attached hydrogens (tertiary/aromatic N) is 1. The van der Waals surface area contributed by atoms with E-state index in [4.69, 9.17) is 14.2 Å². The van der Waals surface area contributed by atoms with Gasteiger partial charge in [-0.25, -0.2) is 0 Å². The number of hydrogen-bond acceptors (Lipinski definition) is 5. The highest BCUT2D eigenvalue weighted by Gasteiger charge is 2.41. The van der Waals surface area contributed by atoms with Crippen LogP contribution in [0.15, 0.2) is 30.3 Å². The molecule has 6 nitrogen and oxygen atoms in total. The van der Waals surface area contributed by atoms with E-state index >= 15 is 0 Å². The van der Waals surface area contributed by atoms with Crippen LogP contribution in [-0.2, 0) is 19.4 Å². The molecule has 0 spiro atoms. The summed E-state index contributed by atoms with van der Waals surface area (Å²) < 4.78 is 17.2. The molecule has 7 heteroatoms. The molecule has 0 amide bonds. The number of quaternary nitrogens is 1. The van der Waals surface area contributed by atoms with Crippen LogP contribution in [0.4, 0.5) is 0 Å². The van der Waals surface area contributed by atoms with Crippen molar-refractivity contribution in [2.24, 2.45) is 0 Å². The number of aryl methyl sites for hydroxylation is 1. The topological polar surface area (TPSA) is 68.2 Å². The van der Waals surface area contributed by atoms with Crippen molar-refractivity contribution in [2.45, 2.75) is 44.4 Å². The number of ether oxygens (including phenoxy) is 3. The molecule has 0 saturated heterocycles. The van der Waals surface area contributed by atoms with Gasteiger partial charge in [-0.1, -0.05) is 12.1 Å². The van der Waals surface area contributed by atoms with Crippen molar-refractivity contribution in [3.05, 3.63) is 52.6 Å². The molecule has 0 saturated carbocycles. The lowest BCUT2D eigenvalue weighted by Gasteiger charge is -2.44. The number of aliphatic hydroxyl groups excluding tert-OH is 2. The molecule has 0 fully saturated rings. The summed E-state index contributed by atoms with van der Waals surface area (Å²) in [6.45, 7) is 1.08. The fraction of sp³-hybridized carbons (Fsp3) is 0.500. The summed E-state index contributed by atoms with van der Waals surface area (Å²) in [5.41, 5.74) is 4.33. The van der Waals surface area contributed by atoms with Gasteiger partial charge < -0.3 is 52.9 Å². The Hall–Kier alpha value is -1.55. The van der Waals surface area contributed by atoms with Crippen molar-refractivity contribution in [3.63, 3.8) is 0 Å². The summed E-state index contributed by atoms with van der Waals surface area (Å²) in [6.07, 6.45) is 2.63. The van der Waals surface area contributed by atoms with Crippen LogP contribution in [0.1, 0.15) is 41.1 Å². The lowest BCUT2D eigenvalue weighted by atomic mass is 9.83. The van der Waals surface area contributed by atoms with Gasteiger partial charge in [-0.05, 0) is 42.2 Å². The smallest absolute Gasteiger partial charge is 0.231 e. The van der Waals surface area contributed by atoms with E-state index in [9.17, 15) is 10.2 Å². The second-order valence-corrected chi connectivity index (χ2v) is 8.86. The first-order valence-corrected chi connectivity index (χ1v) is 10.6. The van der Waals surface area contributed by atoms with Crippen LogP contribution in [0.2, 0.25) is 0 Å². The highest BCUT2D eigenvalue weighted by molar-refractivity contribution is 5.56. The number of methoxy groups -OCH3 is 1. The molecule has 2 aromatic carbocycles. The van der Waals surface area contributed by atoms with Crippen LogP contribution in [0, 0.1) is 0 Å². The normalized spacial score (nSPS) is 19.3. The van der Waals surface area contributed by atoms with E-state index in [2.05, 4.69) is 20.2 Å². The second-order valence-electron chi connectivity index (χ2n) is 8.86. The van der Waals surface area contributed by atoms with E-state index in [1.54, 1.807) is 7.11 Å². The van der Waals surface area contributed by atoms with E-state index < -0.39 is 6.10 Å². The summed E-state index contributed by atoms with van der Waals surface area (Å²) in [6, 6.07) is 10.2. The number of fused-ring (bicyclic) bond motifs is 2. The molecule has 31 heavy (non-hydrogen) atoms. The number of hydrogen-bond donors (Lipinski definition) is 2. The molecule has 2 unspecified atom stereocenters. The molecular formula is C24H32INO5. The fourth-order valence-electron chi connectivity index (χ4n) is 4.78. The standard InChI is InChI=1S/C24H32NO5.HI/c1-25(2)11-10-17-12-22-24(30-15-29-22)20(14-26)23(17)21(25)13-18(27)7-4-16-5-8-19(28-3)9-6-16;/h5-6,8-9,12,18,21,26-27H,4,7,10-11,13-15H2,1-3H3;1H/q+1;/p-1. The summed E-state index contributed by atoms with van der Waals surface area (Å²) in [7, 11) is 6.07. The highest BCUT2D eigenvalue weighted by Crippen LogP contribution is 2.47. The van der Waals surface area contributed by atoms with Gasteiger partial charge in [-0.3, -0.25) is 0 Å². The summed E-state index contributed by atoms with van der Waals surface area (Å²) in [5.74, 6) is 2.23. The zero-order valence-corrected chi connectivity index (χ0v) is 20.6. The van der Waals surface area contributed by atoms with Crippen LogP contribution in [0.25, 0.3) is 0 Å². The molecule has 2 aromatic rings. The summed E-state index contributed by atoms with van der Waals surface area (Å²) in [4.78, 5) is 0. The number of halogens is 1. The van der Waals surface area contributed by atoms with Crippen molar-refractivity contribution < 1.29 is 52.9 Å². The van der Waals surface area contributed by atoms with E-state index in [1.807, 2.05) is 24.3 Å². The Morgan fingerprint density at radius 2 is 1.94 bits per heavy atom. The molecule has 2 aliphatic heterocycles. The molecule has 0 radical (unpaired) electrons. The van der Waals surface area contributed by atoms with E-state index in [0.29, 0.717) is 18.6 Å². The maximum atomic E-state index is 10.9. The van der Waals surface area contributed by atoms with Crippen molar-refractivity contribution in [2.75, 3.05) is 34.5 Å². The van der Waals surface area contributed by atoms with Gasteiger partial charge in [0.1, 0.15) is 11.8 Å². The quantitative estimate of drug-likeness (QED) is 0.381. The number of aliphatic hydroxyl groups is 2. The molecule has 0 bridgehead atoms. The zero-order chi connectivity index (χ0) is 21.3. The van der Waals surface area contributed by atoms with E-state index in [0.717, 1.165) is 46.5 Å². The van der Waals surface area contributed by atoms with Crippen LogP contribution < -0.4 is 38.2 Å². The third kappa shape index (κ3) is 4.94. The molecule has 4 rings (SSSR count). The molecule has 2 atom stereocenters. The third-order valence-electron chi connectivity index (χ3n) is 6.61. The Kier molecular flexibility index (Phi) is 7.72. The van der Waals surface area contributed by atoms with Gasteiger partial charge in [0.25, 0.3) is 0 Å². The minimum atomic E-state index is -0.433. The molecular weight excluding hydrogens is 509 g/mol. The summed E-state index contributed by atoms with van der Waals surface area (Å²) in [5, 5.41) is 21.1. The molecule has 0 aromatic heterocycles. The first kappa shape index (κ1) is 24.1. The first-order valence-electron chi connectivity index (χ1n) is 10.6. The Balaban J connectivity index is 0.00000272. The van der Waals surface area contributed by atoms with Crippen molar-refractivity contribution >= 4 is 0 Å². The SMILES string of the molecule is COc1ccc(CCC(O)CC2c3c(cc4c(c3CO)OCO4)CC[N+]2(C)C)cc1.[I-]. The maximum absolute atomic E-state index is 10.9. The van der Waals surface area contributed by atoms with Gasteiger partial charge in [0.15, 0.2) is 11.5 Å². The maximum Gasteiger partial charge on any atom is 0.231 e. The Bertz CT molecular complexity index is 900. The predicted octanol–water partition coefficient (Wildman–Crippen LogP) is -0.0224. The average Bonchev–Trinajstić information content (AvgIpc) is 3.21. The lowest BCUT2D eigenvalue weighted by molar-refractivity contribution is -0.924. The number of likely N-dealkylation sites (N-methyl/N-ethyl adjacent to an activating group) is 1. The lowest BCUT2D eigenvalue weighted by Crippen LogP contribution is -3.00. The van der Waals surface area contributed by atoms with E-state index in [-0.39, 0.29) is 43.4 Å². The van der Waals surface area contributed by atoms with Crippen LogP contribution >= 0.6 is 0 Å². The Labute approximate surface area is 201 Å².